The summed E-state index contributed by atoms with van der Waals surface area (Å²) >= 11 is 0. The minimum absolute atomic E-state index is 0.0670. The van der Waals surface area contributed by atoms with Crippen LogP contribution in [0.25, 0.3) is 11.1 Å². The van der Waals surface area contributed by atoms with Crippen LogP contribution in [0.5, 0.6) is 0 Å². The lowest BCUT2D eigenvalue weighted by Crippen LogP contribution is -2.42. The number of amides is 1. The summed E-state index contributed by atoms with van der Waals surface area (Å²) in [6.07, 6.45) is -5.14. The number of carbonyl (C=O) groups is 2. The van der Waals surface area contributed by atoms with Crippen molar-refractivity contribution >= 4 is 11.7 Å². The van der Waals surface area contributed by atoms with E-state index in [1.165, 1.54) is 11.0 Å². The Morgan fingerprint density at radius 1 is 1.07 bits per heavy atom. The molecule has 0 N–H and O–H groups in total. The number of benzene rings is 2. The van der Waals surface area contributed by atoms with Gasteiger partial charge in [-0.2, -0.15) is 13.2 Å². The van der Waals surface area contributed by atoms with Crippen molar-refractivity contribution in [2.24, 2.45) is 5.92 Å². The number of rotatable bonds is 5. The smallest absolute Gasteiger partial charge is 0.342 e. The Morgan fingerprint density at radius 2 is 1.79 bits per heavy atom. The zero-order chi connectivity index (χ0) is 21.0. The van der Waals surface area contributed by atoms with E-state index in [2.05, 4.69) is 0 Å². The Balaban J connectivity index is 1.68. The van der Waals surface area contributed by atoms with E-state index in [0.717, 1.165) is 0 Å². The number of ketones is 1. The first-order valence-electron chi connectivity index (χ1n) is 9.48. The van der Waals surface area contributed by atoms with Gasteiger partial charge in [-0.15, -0.1) is 0 Å². The average molecular weight is 407 g/mol. The Hall–Kier alpha value is -2.70. The van der Waals surface area contributed by atoms with E-state index in [1.54, 1.807) is 36.4 Å². The van der Waals surface area contributed by atoms with Gasteiger partial charge < -0.3 is 4.90 Å². The van der Waals surface area contributed by atoms with Gasteiger partial charge in [0.2, 0.25) is 5.91 Å². The van der Waals surface area contributed by atoms with E-state index in [0.29, 0.717) is 30.5 Å². The molecule has 2 aromatic rings. The summed E-state index contributed by atoms with van der Waals surface area (Å²) in [6, 6.07) is 13.2. The Morgan fingerprint density at radius 3 is 2.45 bits per heavy atom. The van der Waals surface area contributed by atoms with Gasteiger partial charge in [-0.3, -0.25) is 9.59 Å². The molecular weight excluding hydrogens is 386 g/mol. The highest BCUT2D eigenvalue weighted by molar-refractivity contribution is 5.98. The largest absolute Gasteiger partial charge is 0.389 e. The van der Waals surface area contributed by atoms with Crippen molar-refractivity contribution in [1.29, 1.82) is 0 Å². The Bertz CT molecular complexity index is 880. The molecule has 154 valence electrons. The fourth-order valence-electron chi connectivity index (χ4n) is 3.58. The highest BCUT2D eigenvalue weighted by Crippen LogP contribution is 2.27. The molecule has 1 saturated heterocycles. The third kappa shape index (κ3) is 5.43. The van der Waals surface area contributed by atoms with E-state index < -0.39 is 36.7 Å². The van der Waals surface area contributed by atoms with Gasteiger partial charge in [0.1, 0.15) is 5.82 Å². The minimum Gasteiger partial charge on any atom is -0.342 e. The number of halogens is 4. The summed E-state index contributed by atoms with van der Waals surface area (Å²) in [4.78, 5) is 26.2. The van der Waals surface area contributed by atoms with E-state index >= 15 is 0 Å². The second-order valence-corrected chi connectivity index (χ2v) is 7.22. The van der Waals surface area contributed by atoms with Crippen LogP contribution < -0.4 is 0 Å². The molecule has 0 unspecified atom stereocenters. The molecule has 1 atom stereocenters. The second-order valence-electron chi connectivity index (χ2n) is 7.22. The molecule has 0 bridgehead atoms. The van der Waals surface area contributed by atoms with Crippen molar-refractivity contribution in [2.45, 2.75) is 31.9 Å². The zero-order valence-corrected chi connectivity index (χ0v) is 15.7. The molecule has 0 saturated carbocycles. The van der Waals surface area contributed by atoms with Gasteiger partial charge in [-0.1, -0.05) is 42.5 Å². The van der Waals surface area contributed by atoms with Crippen molar-refractivity contribution in [2.75, 3.05) is 13.1 Å². The van der Waals surface area contributed by atoms with Crippen LogP contribution in [0.3, 0.4) is 0 Å². The summed E-state index contributed by atoms with van der Waals surface area (Å²) in [6.45, 7) is 0.402. The number of hydrogen-bond donors (Lipinski definition) is 0. The summed E-state index contributed by atoms with van der Waals surface area (Å²) < 4.78 is 51.6. The predicted octanol–water partition coefficient (Wildman–Crippen LogP) is 5.26. The van der Waals surface area contributed by atoms with Gasteiger partial charge >= 0.3 is 6.18 Å². The van der Waals surface area contributed by atoms with Gasteiger partial charge in [-0.25, -0.2) is 4.39 Å². The first-order chi connectivity index (χ1) is 13.7. The topological polar surface area (TPSA) is 37.4 Å². The third-order valence-corrected chi connectivity index (χ3v) is 5.11. The van der Waals surface area contributed by atoms with Gasteiger partial charge in [0, 0.05) is 36.6 Å². The first-order valence-corrected chi connectivity index (χ1v) is 9.48. The third-order valence-electron chi connectivity index (χ3n) is 5.11. The lowest BCUT2D eigenvalue weighted by atomic mass is 9.89. The molecule has 0 radical (unpaired) electrons. The molecule has 29 heavy (non-hydrogen) atoms. The Labute approximate surface area is 166 Å². The van der Waals surface area contributed by atoms with Gasteiger partial charge in [0.15, 0.2) is 5.78 Å². The number of piperidine rings is 1. The first kappa shape index (κ1) is 21.0. The number of Topliss-reactive ketones (excluding diaryl/α,β-unsaturated/α-hetero) is 1. The normalized spacial score (nSPS) is 17.2. The molecule has 0 aliphatic carbocycles. The molecule has 1 heterocycles. The van der Waals surface area contributed by atoms with Crippen molar-refractivity contribution in [1.82, 2.24) is 4.90 Å². The molecule has 1 aliphatic heterocycles. The SMILES string of the molecule is O=C(c1ccc(-c2ccccc2)c(F)c1)[C@H]1CCCN(C(=O)CCC(F)(F)F)C1. The van der Waals surface area contributed by atoms with E-state index in [9.17, 15) is 27.2 Å². The maximum absolute atomic E-state index is 14.6. The highest BCUT2D eigenvalue weighted by Gasteiger charge is 2.32. The van der Waals surface area contributed by atoms with E-state index in [1.807, 2.05) is 6.07 Å². The summed E-state index contributed by atoms with van der Waals surface area (Å²) in [5.41, 5.74) is 1.29. The molecule has 3 nitrogen and oxygen atoms in total. The fourth-order valence-corrected chi connectivity index (χ4v) is 3.58. The summed E-state index contributed by atoms with van der Waals surface area (Å²) in [5.74, 6) is -1.96. The number of alkyl halides is 3. The van der Waals surface area contributed by atoms with Crippen LogP contribution >= 0.6 is 0 Å². The quantitative estimate of drug-likeness (QED) is 0.501. The van der Waals surface area contributed by atoms with Crippen LogP contribution in [-0.4, -0.2) is 35.9 Å². The molecule has 0 aromatic heterocycles. The minimum atomic E-state index is -4.39. The van der Waals surface area contributed by atoms with E-state index in [4.69, 9.17) is 0 Å². The van der Waals surface area contributed by atoms with Crippen molar-refractivity contribution in [3.8, 4) is 11.1 Å². The maximum atomic E-state index is 14.6. The van der Waals surface area contributed by atoms with Crippen LogP contribution in [0.2, 0.25) is 0 Å². The number of nitrogens with zero attached hydrogens (tertiary/aromatic N) is 1. The van der Waals surface area contributed by atoms with Crippen LogP contribution in [0.15, 0.2) is 48.5 Å². The highest BCUT2D eigenvalue weighted by atomic mass is 19.4. The molecule has 1 amide bonds. The molecule has 7 heteroatoms. The second kappa shape index (κ2) is 8.76. The van der Waals surface area contributed by atoms with Crippen molar-refractivity contribution in [3.05, 3.63) is 59.9 Å². The van der Waals surface area contributed by atoms with Crippen LogP contribution in [0.4, 0.5) is 17.6 Å². The molecule has 2 aromatic carbocycles. The number of carbonyl (C=O) groups excluding carboxylic acids is 2. The summed E-state index contributed by atoms with van der Waals surface area (Å²) in [7, 11) is 0. The summed E-state index contributed by atoms with van der Waals surface area (Å²) in [5, 5.41) is 0. The monoisotopic (exact) mass is 407 g/mol. The zero-order valence-electron chi connectivity index (χ0n) is 15.7. The lowest BCUT2D eigenvalue weighted by Gasteiger charge is -2.32. The van der Waals surface area contributed by atoms with Gasteiger partial charge in [0.25, 0.3) is 0 Å². The average Bonchev–Trinajstić information content (AvgIpc) is 2.71. The molecule has 0 spiro atoms. The van der Waals surface area contributed by atoms with E-state index in [-0.39, 0.29) is 17.9 Å². The molecule has 1 aliphatic rings. The van der Waals surface area contributed by atoms with Gasteiger partial charge in [0.05, 0.1) is 6.42 Å². The van der Waals surface area contributed by atoms with Crippen LogP contribution in [0.1, 0.15) is 36.0 Å². The Kier molecular flexibility index (Phi) is 6.35. The van der Waals surface area contributed by atoms with Crippen molar-refractivity contribution in [3.63, 3.8) is 0 Å². The molecule has 3 rings (SSSR count). The fraction of sp³-hybridized carbons (Fsp3) is 0.364. The number of likely N-dealkylation sites (tertiary alicyclic amines) is 1. The molecular formula is C22H21F4NO2. The van der Waals surface area contributed by atoms with Crippen LogP contribution in [-0.2, 0) is 4.79 Å². The standard InChI is InChI=1S/C22H21F4NO2/c23-19-13-16(8-9-18(19)15-5-2-1-3-6-15)21(29)17-7-4-12-27(14-17)20(28)10-11-22(24,25)26/h1-3,5-6,8-9,13,17H,4,7,10-12,14H2/t17-/m0/s1. The molecule has 1 fully saturated rings. The number of hydrogen-bond acceptors (Lipinski definition) is 2. The lowest BCUT2D eigenvalue weighted by molar-refractivity contribution is -0.149. The van der Waals surface area contributed by atoms with Crippen LogP contribution in [0, 0.1) is 11.7 Å². The van der Waals surface area contributed by atoms with Crippen molar-refractivity contribution < 1.29 is 27.2 Å². The predicted molar refractivity (Wildman–Crippen MR) is 101 cm³/mol. The maximum Gasteiger partial charge on any atom is 0.389 e. The van der Waals surface area contributed by atoms with Gasteiger partial charge in [-0.05, 0) is 24.5 Å².